The minimum absolute atomic E-state index is 0.00540. The molecule has 0 bridgehead atoms. The SMILES string of the molecule is CCNC(=NCC1(c2ccc(F)cc2)CCC1)N1CCN(C(=O)c2ccco2)CC1. The van der Waals surface area contributed by atoms with Crippen molar-refractivity contribution in [2.75, 3.05) is 39.3 Å². The van der Waals surface area contributed by atoms with Crippen LogP contribution in [0.25, 0.3) is 0 Å². The van der Waals surface area contributed by atoms with Crippen molar-refractivity contribution in [1.82, 2.24) is 15.1 Å². The minimum Gasteiger partial charge on any atom is -0.459 e. The molecule has 2 fully saturated rings. The zero-order chi connectivity index (χ0) is 21.0. The van der Waals surface area contributed by atoms with E-state index in [0.29, 0.717) is 25.4 Å². The van der Waals surface area contributed by atoms with Crippen LogP contribution in [-0.2, 0) is 5.41 Å². The Bertz CT molecular complexity index is 867. The van der Waals surface area contributed by atoms with Crippen LogP contribution in [0.3, 0.4) is 0 Å². The second-order valence-corrected chi connectivity index (χ2v) is 8.07. The summed E-state index contributed by atoms with van der Waals surface area (Å²) in [5, 5.41) is 3.40. The predicted molar refractivity (Wildman–Crippen MR) is 114 cm³/mol. The van der Waals surface area contributed by atoms with Crippen molar-refractivity contribution in [3.63, 3.8) is 0 Å². The molecule has 30 heavy (non-hydrogen) atoms. The van der Waals surface area contributed by atoms with Crippen molar-refractivity contribution >= 4 is 11.9 Å². The van der Waals surface area contributed by atoms with Gasteiger partial charge in [-0.05, 0) is 49.6 Å². The first kappa shape index (κ1) is 20.4. The van der Waals surface area contributed by atoms with E-state index < -0.39 is 0 Å². The number of nitrogens with one attached hydrogen (secondary N) is 1. The maximum Gasteiger partial charge on any atom is 0.289 e. The van der Waals surface area contributed by atoms with Crippen LogP contribution in [0.4, 0.5) is 4.39 Å². The number of guanidine groups is 1. The number of hydrogen-bond donors (Lipinski definition) is 1. The fourth-order valence-electron chi connectivity index (χ4n) is 4.27. The first-order chi connectivity index (χ1) is 14.6. The summed E-state index contributed by atoms with van der Waals surface area (Å²) in [6.07, 6.45) is 4.85. The van der Waals surface area contributed by atoms with Crippen LogP contribution >= 0.6 is 0 Å². The molecule has 2 aromatic rings. The van der Waals surface area contributed by atoms with Crippen LogP contribution in [0.5, 0.6) is 0 Å². The maximum absolute atomic E-state index is 13.4. The molecule has 1 saturated heterocycles. The van der Waals surface area contributed by atoms with E-state index in [1.54, 1.807) is 24.3 Å². The molecule has 4 rings (SSSR count). The van der Waals surface area contributed by atoms with E-state index >= 15 is 0 Å². The molecular formula is C23H29FN4O2. The van der Waals surface area contributed by atoms with Gasteiger partial charge in [0.15, 0.2) is 11.7 Å². The van der Waals surface area contributed by atoms with Crippen LogP contribution in [0.1, 0.15) is 42.3 Å². The first-order valence-electron chi connectivity index (χ1n) is 10.7. The molecule has 1 saturated carbocycles. The van der Waals surface area contributed by atoms with Crippen molar-refractivity contribution < 1.29 is 13.6 Å². The molecule has 0 spiro atoms. The Hall–Kier alpha value is -2.83. The second kappa shape index (κ2) is 8.90. The van der Waals surface area contributed by atoms with E-state index in [2.05, 4.69) is 17.1 Å². The van der Waals surface area contributed by atoms with Gasteiger partial charge in [-0.25, -0.2) is 4.39 Å². The quantitative estimate of drug-likeness (QED) is 0.605. The van der Waals surface area contributed by atoms with Gasteiger partial charge in [0, 0.05) is 38.1 Å². The van der Waals surface area contributed by atoms with Crippen molar-refractivity contribution in [3.8, 4) is 0 Å². The van der Waals surface area contributed by atoms with E-state index in [1.165, 1.54) is 18.2 Å². The molecule has 2 heterocycles. The van der Waals surface area contributed by atoms with Gasteiger partial charge in [0.05, 0.1) is 12.8 Å². The van der Waals surface area contributed by atoms with Crippen LogP contribution in [-0.4, -0.2) is 60.9 Å². The largest absolute Gasteiger partial charge is 0.459 e. The first-order valence-corrected chi connectivity index (χ1v) is 10.7. The van der Waals surface area contributed by atoms with Crippen LogP contribution < -0.4 is 5.32 Å². The number of piperazine rings is 1. The average molecular weight is 413 g/mol. The van der Waals surface area contributed by atoms with Gasteiger partial charge < -0.3 is 19.5 Å². The molecule has 0 atom stereocenters. The third-order valence-electron chi connectivity index (χ3n) is 6.23. The van der Waals surface area contributed by atoms with E-state index in [1.807, 2.05) is 17.0 Å². The summed E-state index contributed by atoms with van der Waals surface area (Å²) < 4.78 is 18.6. The summed E-state index contributed by atoms with van der Waals surface area (Å²) in [5.41, 5.74) is 1.18. The number of furan rings is 1. The molecule has 7 heteroatoms. The number of hydrogen-bond acceptors (Lipinski definition) is 3. The lowest BCUT2D eigenvalue weighted by Gasteiger charge is -2.42. The van der Waals surface area contributed by atoms with Crippen molar-refractivity contribution in [1.29, 1.82) is 0 Å². The number of carbonyl (C=O) groups is 1. The summed E-state index contributed by atoms with van der Waals surface area (Å²) >= 11 is 0. The van der Waals surface area contributed by atoms with Gasteiger partial charge in [-0.2, -0.15) is 0 Å². The highest BCUT2D eigenvalue weighted by Crippen LogP contribution is 2.44. The zero-order valence-corrected chi connectivity index (χ0v) is 17.4. The molecule has 0 radical (unpaired) electrons. The Morgan fingerprint density at radius 3 is 2.40 bits per heavy atom. The fourth-order valence-corrected chi connectivity index (χ4v) is 4.27. The number of halogens is 1. The van der Waals surface area contributed by atoms with Gasteiger partial charge >= 0.3 is 0 Å². The number of amides is 1. The molecule has 1 N–H and O–H groups in total. The summed E-state index contributed by atoms with van der Waals surface area (Å²) in [6, 6.07) is 10.3. The number of rotatable bonds is 5. The minimum atomic E-state index is -0.202. The van der Waals surface area contributed by atoms with Crippen LogP contribution in [0.2, 0.25) is 0 Å². The predicted octanol–water partition coefficient (Wildman–Crippen LogP) is 3.26. The Balaban J connectivity index is 1.42. The van der Waals surface area contributed by atoms with Gasteiger partial charge in [0.25, 0.3) is 5.91 Å². The molecule has 1 aromatic carbocycles. The molecular weight excluding hydrogens is 383 g/mol. The summed E-state index contributed by atoms with van der Waals surface area (Å²) in [5.74, 6) is 1.00. The summed E-state index contributed by atoms with van der Waals surface area (Å²) in [6.45, 7) is 6.25. The van der Waals surface area contributed by atoms with Crippen molar-refractivity contribution in [3.05, 3.63) is 59.8 Å². The van der Waals surface area contributed by atoms with Gasteiger partial charge in [-0.3, -0.25) is 9.79 Å². The van der Waals surface area contributed by atoms with Crippen molar-refractivity contribution in [2.24, 2.45) is 4.99 Å². The summed E-state index contributed by atoms with van der Waals surface area (Å²) in [7, 11) is 0. The third kappa shape index (κ3) is 4.20. The average Bonchev–Trinajstić information content (AvgIpc) is 3.28. The molecule has 1 aliphatic carbocycles. The second-order valence-electron chi connectivity index (χ2n) is 8.07. The van der Waals surface area contributed by atoms with E-state index in [-0.39, 0.29) is 17.1 Å². The topological polar surface area (TPSA) is 61.1 Å². The van der Waals surface area contributed by atoms with Gasteiger partial charge in [0.2, 0.25) is 0 Å². The number of carbonyl (C=O) groups excluding carboxylic acids is 1. The standard InChI is InChI=1S/C23H29FN4O2/c1-2-25-22(26-17-23(10-4-11-23)18-6-8-19(24)9-7-18)28-14-12-27(13-15-28)21(29)20-5-3-16-30-20/h3,5-9,16H,2,4,10-15,17H2,1H3,(H,25,26). The van der Waals surface area contributed by atoms with Gasteiger partial charge in [-0.1, -0.05) is 18.6 Å². The zero-order valence-electron chi connectivity index (χ0n) is 17.4. The number of aliphatic imine (C=N–C) groups is 1. The Kier molecular flexibility index (Phi) is 6.06. The van der Waals surface area contributed by atoms with Gasteiger partial charge in [0.1, 0.15) is 5.82 Å². The molecule has 1 aliphatic heterocycles. The molecule has 160 valence electrons. The lowest BCUT2D eigenvalue weighted by molar-refractivity contribution is 0.0657. The normalized spacial score (nSPS) is 18.8. The lowest BCUT2D eigenvalue weighted by atomic mass is 9.64. The van der Waals surface area contributed by atoms with Gasteiger partial charge in [-0.15, -0.1) is 0 Å². The van der Waals surface area contributed by atoms with Crippen molar-refractivity contribution in [2.45, 2.75) is 31.6 Å². The molecule has 1 amide bonds. The molecule has 1 aromatic heterocycles. The third-order valence-corrected chi connectivity index (χ3v) is 6.23. The van der Waals surface area contributed by atoms with E-state index in [9.17, 15) is 9.18 Å². The lowest BCUT2D eigenvalue weighted by Crippen LogP contribution is -2.54. The Morgan fingerprint density at radius 2 is 1.83 bits per heavy atom. The molecule has 0 unspecified atom stereocenters. The highest BCUT2D eigenvalue weighted by Gasteiger charge is 2.38. The molecule has 2 aliphatic rings. The van der Waals surface area contributed by atoms with Crippen LogP contribution in [0.15, 0.2) is 52.1 Å². The maximum atomic E-state index is 13.4. The van der Waals surface area contributed by atoms with Crippen LogP contribution in [0, 0.1) is 5.82 Å². The monoisotopic (exact) mass is 412 g/mol. The van der Waals surface area contributed by atoms with E-state index in [4.69, 9.17) is 9.41 Å². The van der Waals surface area contributed by atoms with E-state index in [0.717, 1.165) is 38.4 Å². The molecule has 6 nitrogen and oxygen atoms in total. The highest BCUT2D eigenvalue weighted by atomic mass is 19.1. The Labute approximate surface area is 176 Å². The highest BCUT2D eigenvalue weighted by molar-refractivity contribution is 5.91. The smallest absolute Gasteiger partial charge is 0.289 e. The fraction of sp³-hybridized carbons (Fsp3) is 0.478. The number of benzene rings is 1. The Morgan fingerprint density at radius 1 is 1.13 bits per heavy atom. The number of nitrogens with zero attached hydrogens (tertiary/aromatic N) is 3. The summed E-state index contributed by atoms with van der Waals surface area (Å²) in [4.78, 5) is 21.5.